The number of rotatable bonds is 10. The molecular formula is C24H32ClNO4. The monoisotopic (exact) mass is 433 g/mol. The number of aliphatic hydroxyl groups excluding tert-OH is 1. The summed E-state index contributed by atoms with van der Waals surface area (Å²) in [7, 11) is 3.13. The number of hydrogen-bond acceptors (Lipinski definition) is 5. The predicted octanol–water partition coefficient (Wildman–Crippen LogP) is 4.89. The lowest BCUT2D eigenvalue weighted by atomic mass is 9.99. The molecule has 0 bridgehead atoms. The van der Waals surface area contributed by atoms with E-state index in [2.05, 4.69) is 17.0 Å². The number of halogens is 1. The molecule has 0 saturated carbocycles. The molecule has 2 aromatic carbocycles. The average molecular weight is 434 g/mol. The number of nitrogens with zero attached hydrogens (tertiary/aromatic N) is 1. The van der Waals surface area contributed by atoms with E-state index < -0.39 is 6.10 Å². The highest BCUT2D eigenvalue weighted by Gasteiger charge is 2.26. The van der Waals surface area contributed by atoms with Crippen LogP contribution >= 0.6 is 11.6 Å². The summed E-state index contributed by atoms with van der Waals surface area (Å²) in [6.45, 7) is 3.54. The van der Waals surface area contributed by atoms with Gasteiger partial charge in [-0.3, -0.25) is 4.90 Å². The van der Waals surface area contributed by atoms with Crippen LogP contribution in [0.4, 0.5) is 0 Å². The minimum absolute atomic E-state index is 0.404. The topological polar surface area (TPSA) is 51.2 Å². The fourth-order valence-corrected chi connectivity index (χ4v) is 4.23. The van der Waals surface area contributed by atoms with Gasteiger partial charge in [0, 0.05) is 12.6 Å². The van der Waals surface area contributed by atoms with Gasteiger partial charge < -0.3 is 19.3 Å². The van der Waals surface area contributed by atoms with Crippen molar-refractivity contribution in [3.8, 4) is 17.2 Å². The normalized spacial score (nSPS) is 15.6. The Bertz CT molecular complexity index is 794. The third-order valence-corrected chi connectivity index (χ3v) is 5.88. The number of aliphatic hydroxyl groups is 1. The number of piperidine rings is 1. The van der Waals surface area contributed by atoms with Crippen molar-refractivity contribution in [1.82, 2.24) is 4.90 Å². The fraction of sp³-hybridized carbons (Fsp3) is 0.500. The number of methoxy groups -OCH3 is 2. The molecule has 0 spiro atoms. The van der Waals surface area contributed by atoms with E-state index in [0.717, 1.165) is 26.1 Å². The van der Waals surface area contributed by atoms with Crippen LogP contribution < -0.4 is 14.2 Å². The van der Waals surface area contributed by atoms with Crippen molar-refractivity contribution < 1.29 is 19.3 Å². The molecule has 1 saturated heterocycles. The van der Waals surface area contributed by atoms with Gasteiger partial charge >= 0.3 is 0 Å². The molecule has 30 heavy (non-hydrogen) atoms. The molecule has 1 aliphatic rings. The first-order valence-corrected chi connectivity index (χ1v) is 11.0. The van der Waals surface area contributed by atoms with Gasteiger partial charge in [0.15, 0.2) is 11.5 Å². The van der Waals surface area contributed by atoms with Gasteiger partial charge in [-0.1, -0.05) is 48.4 Å². The van der Waals surface area contributed by atoms with Crippen molar-refractivity contribution >= 4 is 11.6 Å². The smallest absolute Gasteiger partial charge is 0.180 e. The summed E-state index contributed by atoms with van der Waals surface area (Å²) in [6.07, 6.45) is 4.28. The molecule has 1 unspecified atom stereocenters. The molecule has 0 aromatic heterocycles. The quantitative estimate of drug-likeness (QED) is 0.578. The van der Waals surface area contributed by atoms with Gasteiger partial charge in [-0.15, -0.1) is 0 Å². The van der Waals surface area contributed by atoms with E-state index in [4.69, 9.17) is 25.8 Å². The van der Waals surface area contributed by atoms with Gasteiger partial charge in [0.05, 0.1) is 30.9 Å². The van der Waals surface area contributed by atoms with Crippen LogP contribution in [0, 0.1) is 0 Å². The summed E-state index contributed by atoms with van der Waals surface area (Å²) in [5.41, 5.74) is 1.76. The lowest BCUT2D eigenvalue weighted by molar-refractivity contribution is 0.149. The van der Waals surface area contributed by atoms with Crippen LogP contribution in [0.15, 0.2) is 36.4 Å². The Morgan fingerprint density at radius 3 is 2.43 bits per heavy atom. The third-order valence-electron chi connectivity index (χ3n) is 5.60. The van der Waals surface area contributed by atoms with Crippen LogP contribution in [0.1, 0.15) is 42.9 Å². The molecule has 1 N–H and O–H groups in total. The summed E-state index contributed by atoms with van der Waals surface area (Å²) in [4.78, 5) is 2.41. The molecule has 1 heterocycles. The minimum Gasteiger partial charge on any atom is -0.496 e. The molecule has 164 valence electrons. The summed E-state index contributed by atoms with van der Waals surface area (Å²) in [6, 6.07) is 11.8. The second kappa shape index (κ2) is 11.4. The highest BCUT2D eigenvalue weighted by Crippen LogP contribution is 2.47. The van der Waals surface area contributed by atoms with Crippen molar-refractivity contribution in [3.63, 3.8) is 0 Å². The maximum atomic E-state index is 11.1. The first-order chi connectivity index (χ1) is 14.6. The highest BCUT2D eigenvalue weighted by atomic mass is 35.5. The van der Waals surface area contributed by atoms with Crippen molar-refractivity contribution in [2.45, 2.75) is 38.2 Å². The van der Waals surface area contributed by atoms with Crippen molar-refractivity contribution in [3.05, 3.63) is 52.5 Å². The number of benzene rings is 2. The molecule has 0 radical (unpaired) electrons. The van der Waals surface area contributed by atoms with E-state index in [1.54, 1.807) is 20.3 Å². The molecule has 1 fully saturated rings. The highest BCUT2D eigenvalue weighted by molar-refractivity contribution is 6.32. The Morgan fingerprint density at radius 1 is 1.03 bits per heavy atom. The van der Waals surface area contributed by atoms with Gasteiger partial charge in [-0.25, -0.2) is 0 Å². The molecule has 0 amide bonds. The molecular weight excluding hydrogens is 402 g/mol. The number of likely N-dealkylation sites (tertiary alicyclic amines) is 1. The first-order valence-electron chi connectivity index (χ1n) is 10.7. The molecule has 3 rings (SSSR count). The Balaban J connectivity index is 1.79. The summed E-state index contributed by atoms with van der Waals surface area (Å²) in [5.74, 6) is 1.42. The maximum absolute atomic E-state index is 11.1. The van der Waals surface area contributed by atoms with E-state index in [1.807, 2.05) is 18.2 Å². The summed E-state index contributed by atoms with van der Waals surface area (Å²) in [5, 5.41) is 11.5. The zero-order valence-electron chi connectivity index (χ0n) is 17.9. The van der Waals surface area contributed by atoms with Crippen molar-refractivity contribution in [2.75, 3.05) is 40.5 Å². The Labute approximate surface area is 184 Å². The van der Waals surface area contributed by atoms with Gasteiger partial charge in [0.2, 0.25) is 0 Å². The van der Waals surface area contributed by atoms with E-state index in [-0.39, 0.29) is 0 Å². The van der Waals surface area contributed by atoms with Gasteiger partial charge in [0.25, 0.3) is 0 Å². The number of hydrogen-bond donors (Lipinski definition) is 1. The second-order valence-corrected chi connectivity index (χ2v) is 8.03. The van der Waals surface area contributed by atoms with Crippen LogP contribution in [-0.2, 0) is 6.42 Å². The van der Waals surface area contributed by atoms with E-state index in [1.165, 1.54) is 24.8 Å². The van der Waals surface area contributed by atoms with Crippen LogP contribution in [0.2, 0.25) is 5.02 Å². The van der Waals surface area contributed by atoms with Gasteiger partial charge in [-0.2, -0.15) is 0 Å². The molecule has 6 heteroatoms. The zero-order valence-corrected chi connectivity index (χ0v) is 18.7. The van der Waals surface area contributed by atoms with Crippen molar-refractivity contribution in [2.24, 2.45) is 0 Å². The molecule has 5 nitrogen and oxygen atoms in total. The van der Waals surface area contributed by atoms with Gasteiger partial charge in [-0.05, 0) is 44.3 Å². The fourth-order valence-electron chi connectivity index (χ4n) is 3.97. The molecule has 1 atom stereocenters. The van der Waals surface area contributed by atoms with E-state index in [9.17, 15) is 5.11 Å². The lowest BCUT2D eigenvalue weighted by Crippen LogP contribution is -2.33. The zero-order chi connectivity index (χ0) is 21.3. The largest absolute Gasteiger partial charge is 0.496 e. The lowest BCUT2D eigenvalue weighted by Gasteiger charge is -2.27. The standard InChI is InChI=1S/C24H32ClNO4/c1-28-21-17-19(25)23(29-2)24(30-16-15-26-13-7-4-8-14-26)22(21)20(27)12-11-18-9-5-3-6-10-18/h3,5-6,9-10,17,20,27H,4,7-8,11-16H2,1-2H3. The maximum Gasteiger partial charge on any atom is 0.180 e. The van der Waals surface area contributed by atoms with Crippen LogP contribution in [-0.4, -0.2) is 50.5 Å². The first kappa shape index (κ1) is 22.7. The Morgan fingerprint density at radius 2 is 1.77 bits per heavy atom. The number of ether oxygens (including phenoxy) is 3. The van der Waals surface area contributed by atoms with Crippen LogP contribution in [0.5, 0.6) is 17.2 Å². The summed E-state index contributed by atoms with van der Waals surface area (Å²) < 4.78 is 17.2. The minimum atomic E-state index is -0.767. The third kappa shape index (κ3) is 5.81. The van der Waals surface area contributed by atoms with Gasteiger partial charge in [0.1, 0.15) is 12.4 Å². The molecule has 0 aliphatic carbocycles. The SMILES string of the molecule is COc1cc(Cl)c(OC)c(OCCN2CCCCC2)c1C(O)CCc1ccccc1. The second-order valence-electron chi connectivity index (χ2n) is 7.63. The predicted molar refractivity (Wildman–Crippen MR) is 120 cm³/mol. The molecule has 2 aromatic rings. The van der Waals surface area contributed by atoms with Crippen LogP contribution in [0.25, 0.3) is 0 Å². The Hall–Kier alpha value is -1.95. The molecule has 1 aliphatic heterocycles. The van der Waals surface area contributed by atoms with E-state index >= 15 is 0 Å². The average Bonchev–Trinajstić information content (AvgIpc) is 2.78. The van der Waals surface area contributed by atoms with Crippen LogP contribution in [0.3, 0.4) is 0 Å². The summed E-state index contributed by atoms with van der Waals surface area (Å²) >= 11 is 6.41. The number of aryl methyl sites for hydroxylation is 1. The van der Waals surface area contributed by atoms with Crippen molar-refractivity contribution in [1.29, 1.82) is 0 Å². The Kier molecular flexibility index (Phi) is 8.67. The van der Waals surface area contributed by atoms with E-state index in [0.29, 0.717) is 40.9 Å².